The number of carbonyl (C=O) groups is 1. The zero-order valence-corrected chi connectivity index (χ0v) is 14.2. The van der Waals surface area contributed by atoms with Gasteiger partial charge in [-0.15, -0.1) is 11.8 Å². The second-order valence-corrected chi connectivity index (χ2v) is 7.14. The van der Waals surface area contributed by atoms with E-state index in [1.807, 2.05) is 25.1 Å². The van der Waals surface area contributed by atoms with Crippen molar-refractivity contribution in [1.29, 1.82) is 0 Å². The summed E-state index contributed by atoms with van der Waals surface area (Å²) in [5.74, 6) is 0. The van der Waals surface area contributed by atoms with E-state index < -0.39 is 0 Å². The van der Waals surface area contributed by atoms with Gasteiger partial charge in [0.05, 0.1) is 10.7 Å². The predicted molar refractivity (Wildman–Crippen MR) is 90.4 cm³/mol. The molecule has 6 heteroatoms. The third-order valence-corrected chi connectivity index (χ3v) is 4.32. The number of nitrogens with one attached hydrogen (secondary N) is 2. The van der Waals surface area contributed by atoms with Gasteiger partial charge in [-0.2, -0.15) is 0 Å². The molecule has 0 heterocycles. The summed E-state index contributed by atoms with van der Waals surface area (Å²) in [4.78, 5) is 12.9. The van der Waals surface area contributed by atoms with E-state index in [2.05, 4.69) is 24.5 Å². The molecule has 0 aliphatic carbocycles. The highest BCUT2D eigenvalue weighted by molar-refractivity contribution is 8.00. The average molecular weight is 331 g/mol. The van der Waals surface area contributed by atoms with Crippen LogP contribution < -0.4 is 10.6 Å². The Labute approximate surface area is 135 Å². The van der Waals surface area contributed by atoms with Crippen molar-refractivity contribution in [3.8, 4) is 0 Å². The van der Waals surface area contributed by atoms with E-state index in [0.29, 0.717) is 22.4 Å². The summed E-state index contributed by atoms with van der Waals surface area (Å²) >= 11 is 7.83. The fourth-order valence-corrected chi connectivity index (χ4v) is 3.02. The summed E-state index contributed by atoms with van der Waals surface area (Å²) in [7, 11) is 0. The first-order valence-electron chi connectivity index (χ1n) is 7.07. The van der Waals surface area contributed by atoms with Crippen LogP contribution in [0.5, 0.6) is 0 Å². The molecule has 1 unspecified atom stereocenters. The second-order valence-electron chi connectivity index (χ2n) is 5.15. The largest absolute Gasteiger partial charge is 0.396 e. The second kappa shape index (κ2) is 9.18. The molecule has 1 rings (SSSR count). The first-order valence-corrected chi connectivity index (χ1v) is 8.33. The fraction of sp³-hybridized carbons (Fsp3) is 0.533. The number of urea groups is 1. The number of benzene rings is 1. The molecule has 21 heavy (non-hydrogen) atoms. The zero-order chi connectivity index (χ0) is 15.8. The number of aliphatic hydroxyl groups excluding tert-OH is 1. The molecule has 2 amide bonds. The smallest absolute Gasteiger partial charge is 0.319 e. The van der Waals surface area contributed by atoms with E-state index in [0.717, 1.165) is 11.3 Å². The lowest BCUT2D eigenvalue weighted by molar-refractivity contribution is 0.245. The lowest BCUT2D eigenvalue weighted by atomic mass is 10.2. The number of amides is 2. The van der Waals surface area contributed by atoms with E-state index >= 15 is 0 Å². The van der Waals surface area contributed by atoms with Gasteiger partial charge in [-0.3, -0.25) is 0 Å². The number of hydrogen-bond acceptors (Lipinski definition) is 3. The van der Waals surface area contributed by atoms with Crippen LogP contribution in [0.4, 0.5) is 10.5 Å². The van der Waals surface area contributed by atoms with Crippen molar-refractivity contribution >= 4 is 35.1 Å². The summed E-state index contributed by atoms with van der Waals surface area (Å²) in [6.07, 6.45) is 1.42. The Kier molecular flexibility index (Phi) is 7.93. The van der Waals surface area contributed by atoms with Crippen molar-refractivity contribution < 1.29 is 9.90 Å². The zero-order valence-electron chi connectivity index (χ0n) is 12.6. The normalized spacial score (nSPS) is 12.3. The molecule has 0 aliphatic rings. The molecule has 118 valence electrons. The molecule has 0 aromatic heterocycles. The molecule has 1 aromatic carbocycles. The van der Waals surface area contributed by atoms with Gasteiger partial charge in [0.1, 0.15) is 0 Å². The van der Waals surface area contributed by atoms with Crippen LogP contribution in [0.1, 0.15) is 33.6 Å². The van der Waals surface area contributed by atoms with Crippen LogP contribution in [0.2, 0.25) is 5.02 Å². The van der Waals surface area contributed by atoms with Crippen LogP contribution in [0.15, 0.2) is 23.1 Å². The van der Waals surface area contributed by atoms with Gasteiger partial charge in [0.15, 0.2) is 0 Å². The molecule has 1 atom stereocenters. The summed E-state index contributed by atoms with van der Waals surface area (Å²) in [5.41, 5.74) is 0.716. The molecule has 0 aliphatic heterocycles. The topological polar surface area (TPSA) is 61.4 Å². The van der Waals surface area contributed by atoms with E-state index in [4.69, 9.17) is 16.7 Å². The van der Waals surface area contributed by atoms with Gasteiger partial charge >= 0.3 is 6.03 Å². The maximum Gasteiger partial charge on any atom is 0.319 e. The number of rotatable bonds is 7. The van der Waals surface area contributed by atoms with Crippen molar-refractivity contribution in [2.45, 2.75) is 49.8 Å². The van der Waals surface area contributed by atoms with Crippen LogP contribution in [0, 0.1) is 0 Å². The number of hydrogen-bond donors (Lipinski definition) is 3. The van der Waals surface area contributed by atoms with Gasteiger partial charge in [-0.25, -0.2) is 4.79 Å². The summed E-state index contributed by atoms with van der Waals surface area (Å²) in [5, 5.41) is 15.5. The van der Waals surface area contributed by atoms with Gasteiger partial charge < -0.3 is 15.7 Å². The Morgan fingerprint density at radius 2 is 2.10 bits per heavy atom. The summed E-state index contributed by atoms with van der Waals surface area (Å²) < 4.78 is 0. The maximum atomic E-state index is 12.0. The van der Waals surface area contributed by atoms with Crippen molar-refractivity contribution in [2.24, 2.45) is 0 Å². The molecule has 1 aromatic rings. The first kappa shape index (κ1) is 18.1. The minimum atomic E-state index is -0.256. The monoisotopic (exact) mass is 330 g/mol. The van der Waals surface area contributed by atoms with Gasteiger partial charge in [0.25, 0.3) is 0 Å². The minimum absolute atomic E-state index is 0.0116. The standard InChI is InChI=1S/C15H23ClN2O2S/c1-10(2)21-14-12(16)7-4-8-13(14)18-15(20)17-11(3)6-5-9-19/h4,7-8,10-11,19H,5-6,9H2,1-3H3,(H2,17,18,20). The van der Waals surface area contributed by atoms with E-state index in [-0.39, 0.29) is 18.7 Å². The molecule has 4 nitrogen and oxygen atoms in total. The van der Waals surface area contributed by atoms with E-state index in [1.54, 1.807) is 11.8 Å². The Bertz CT molecular complexity index is 469. The molecule has 0 saturated heterocycles. The first-order chi connectivity index (χ1) is 9.93. The van der Waals surface area contributed by atoms with Gasteiger partial charge in [0, 0.05) is 22.8 Å². The van der Waals surface area contributed by atoms with Crippen molar-refractivity contribution in [3.63, 3.8) is 0 Å². The molecule has 0 fully saturated rings. The molecular formula is C15H23ClN2O2S. The predicted octanol–water partition coefficient (Wildman–Crippen LogP) is 4.12. The van der Waals surface area contributed by atoms with Crippen molar-refractivity contribution in [2.75, 3.05) is 11.9 Å². The molecule has 0 bridgehead atoms. The number of halogens is 1. The van der Waals surface area contributed by atoms with Crippen LogP contribution in [-0.2, 0) is 0 Å². The quantitative estimate of drug-likeness (QED) is 0.659. The summed E-state index contributed by atoms with van der Waals surface area (Å²) in [6, 6.07) is 5.23. The Hall–Kier alpha value is -0.910. The van der Waals surface area contributed by atoms with Crippen LogP contribution >= 0.6 is 23.4 Å². The summed E-state index contributed by atoms with van der Waals surface area (Å²) in [6.45, 7) is 6.21. The fourth-order valence-electron chi connectivity index (χ4n) is 1.81. The number of thioether (sulfide) groups is 1. The van der Waals surface area contributed by atoms with E-state index in [9.17, 15) is 4.79 Å². The number of aliphatic hydroxyl groups is 1. The van der Waals surface area contributed by atoms with Crippen LogP contribution in [0.25, 0.3) is 0 Å². The molecule has 0 spiro atoms. The SMILES string of the molecule is CC(CCCO)NC(=O)Nc1cccc(Cl)c1SC(C)C. The molecular weight excluding hydrogens is 308 g/mol. The highest BCUT2D eigenvalue weighted by Gasteiger charge is 2.13. The lowest BCUT2D eigenvalue weighted by Gasteiger charge is -2.17. The van der Waals surface area contributed by atoms with Crippen LogP contribution in [-0.4, -0.2) is 29.0 Å². The van der Waals surface area contributed by atoms with Gasteiger partial charge in [-0.05, 0) is 31.9 Å². The van der Waals surface area contributed by atoms with Crippen molar-refractivity contribution in [3.05, 3.63) is 23.2 Å². The van der Waals surface area contributed by atoms with Gasteiger partial charge in [-0.1, -0.05) is 31.5 Å². The Balaban J connectivity index is 2.69. The van der Waals surface area contributed by atoms with Gasteiger partial charge in [0.2, 0.25) is 0 Å². The van der Waals surface area contributed by atoms with E-state index in [1.165, 1.54) is 0 Å². The lowest BCUT2D eigenvalue weighted by Crippen LogP contribution is -2.36. The highest BCUT2D eigenvalue weighted by atomic mass is 35.5. The van der Waals surface area contributed by atoms with Crippen LogP contribution in [0.3, 0.4) is 0 Å². The minimum Gasteiger partial charge on any atom is -0.396 e. The number of anilines is 1. The van der Waals surface area contributed by atoms with Crippen molar-refractivity contribution in [1.82, 2.24) is 5.32 Å². The third-order valence-electron chi connectivity index (χ3n) is 2.74. The Morgan fingerprint density at radius 3 is 2.71 bits per heavy atom. The average Bonchev–Trinajstić information content (AvgIpc) is 2.40. The third kappa shape index (κ3) is 6.59. The Morgan fingerprint density at radius 1 is 1.38 bits per heavy atom. The highest BCUT2D eigenvalue weighted by Crippen LogP contribution is 2.36. The molecule has 3 N–H and O–H groups in total. The maximum absolute atomic E-state index is 12.0. The molecule has 0 radical (unpaired) electrons. The molecule has 0 saturated carbocycles. The number of carbonyl (C=O) groups excluding carboxylic acids is 1.